The molecule has 1 amide bonds. The maximum absolute atomic E-state index is 12.9. The molecule has 0 heterocycles. The first-order valence-electron chi connectivity index (χ1n) is 7.66. The summed E-state index contributed by atoms with van der Waals surface area (Å²) in [6, 6.07) is 13.3. The van der Waals surface area contributed by atoms with Crippen molar-refractivity contribution in [3.8, 4) is 5.75 Å². The molecule has 0 fully saturated rings. The Morgan fingerprint density at radius 1 is 1.21 bits per heavy atom. The predicted molar refractivity (Wildman–Crippen MR) is 94.1 cm³/mol. The minimum Gasteiger partial charge on any atom is -0.490 e. The van der Waals surface area contributed by atoms with Crippen LogP contribution in [0.5, 0.6) is 5.75 Å². The van der Waals surface area contributed by atoms with Crippen molar-refractivity contribution in [2.45, 2.75) is 13.0 Å². The quantitative estimate of drug-likeness (QED) is 0.609. The number of rotatable bonds is 7. The van der Waals surface area contributed by atoms with Crippen LogP contribution in [0.3, 0.4) is 0 Å². The largest absolute Gasteiger partial charge is 0.490 e. The molecule has 0 bridgehead atoms. The normalized spacial score (nSPS) is 11.9. The van der Waals surface area contributed by atoms with Gasteiger partial charge in [-0.1, -0.05) is 36.9 Å². The zero-order valence-corrected chi connectivity index (χ0v) is 13.5. The number of hydrogen-bond donors (Lipinski definition) is 1. The monoisotopic (exact) mass is 325 g/mol. The maximum Gasteiger partial charge on any atom is 0.244 e. The number of ether oxygens (including phenoxy) is 1. The van der Waals surface area contributed by atoms with Crippen molar-refractivity contribution in [3.05, 3.63) is 84.2 Å². The van der Waals surface area contributed by atoms with E-state index in [0.717, 1.165) is 16.9 Å². The number of halogens is 1. The summed E-state index contributed by atoms with van der Waals surface area (Å²) in [4.78, 5) is 12.0. The van der Waals surface area contributed by atoms with Gasteiger partial charge in [-0.25, -0.2) is 4.39 Å². The topological polar surface area (TPSA) is 38.3 Å². The fourth-order valence-corrected chi connectivity index (χ4v) is 2.10. The molecule has 0 aliphatic carbocycles. The van der Waals surface area contributed by atoms with Crippen molar-refractivity contribution >= 4 is 12.0 Å². The Kier molecular flexibility index (Phi) is 6.32. The zero-order valence-electron chi connectivity index (χ0n) is 13.5. The molecule has 124 valence electrons. The Morgan fingerprint density at radius 3 is 2.50 bits per heavy atom. The van der Waals surface area contributed by atoms with Crippen molar-refractivity contribution < 1.29 is 13.9 Å². The summed E-state index contributed by atoms with van der Waals surface area (Å²) in [7, 11) is 0. The second-order valence-corrected chi connectivity index (χ2v) is 5.28. The summed E-state index contributed by atoms with van der Waals surface area (Å²) in [5.41, 5.74) is 1.74. The first-order valence-corrected chi connectivity index (χ1v) is 7.66. The first-order chi connectivity index (χ1) is 11.6. The number of carbonyl (C=O) groups is 1. The first kappa shape index (κ1) is 17.5. The van der Waals surface area contributed by atoms with Crippen molar-refractivity contribution in [2.75, 3.05) is 6.61 Å². The zero-order chi connectivity index (χ0) is 17.4. The molecule has 4 heteroatoms. The highest BCUT2D eigenvalue weighted by Crippen LogP contribution is 2.14. The molecule has 2 aromatic rings. The van der Waals surface area contributed by atoms with Crippen LogP contribution in [0.1, 0.15) is 24.1 Å². The molecule has 0 aliphatic heterocycles. The van der Waals surface area contributed by atoms with Gasteiger partial charge in [0.1, 0.15) is 18.2 Å². The Bertz CT molecular complexity index is 705. The third-order valence-electron chi connectivity index (χ3n) is 3.40. The lowest BCUT2D eigenvalue weighted by atomic mass is 10.1. The smallest absolute Gasteiger partial charge is 0.244 e. The molecular weight excluding hydrogens is 305 g/mol. The van der Waals surface area contributed by atoms with Crippen molar-refractivity contribution in [1.29, 1.82) is 0 Å². The van der Waals surface area contributed by atoms with Crippen LogP contribution in [0, 0.1) is 5.82 Å². The van der Waals surface area contributed by atoms with Gasteiger partial charge in [0.25, 0.3) is 0 Å². The van der Waals surface area contributed by atoms with Gasteiger partial charge in [0.15, 0.2) is 0 Å². The van der Waals surface area contributed by atoms with Crippen LogP contribution in [0.2, 0.25) is 0 Å². The van der Waals surface area contributed by atoms with Crippen molar-refractivity contribution in [1.82, 2.24) is 5.32 Å². The molecule has 24 heavy (non-hydrogen) atoms. The van der Waals surface area contributed by atoms with Gasteiger partial charge >= 0.3 is 0 Å². The van der Waals surface area contributed by atoms with E-state index in [0.29, 0.717) is 6.61 Å². The van der Waals surface area contributed by atoms with E-state index in [9.17, 15) is 9.18 Å². The van der Waals surface area contributed by atoms with Crippen LogP contribution < -0.4 is 10.1 Å². The molecule has 0 aliphatic rings. The lowest BCUT2D eigenvalue weighted by molar-refractivity contribution is -0.117. The fraction of sp³-hybridized carbons (Fsp3) is 0.150. The summed E-state index contributed by atoms with van der Waals surface area (Å²) in [5.74, 6) is 0.248. The third kappa shape index (κ3) is 5.39. The number of carbonyl (C=O) groups excluding carboxylic acids is 1. The van der Waals surface area contributed by atoms with Crippen LogP contribution in [-0.2, 0) is 4.79 Å². The standard InChI is InChI=1S/C20H20FNO2/c1-3-14-24-19-11-4-16(5-12-19)6-13-20(23)22-15(2)17-7-9-18(21)10-8-17/h3-13,15H,1,14H2,2H3,(H,22,23)/b13-6+/t15-/m1/s1. The number of benzene rings is 2. The molecule has 0 radical (unpaired) electrons. The highest BCUT2D eigenvalue weighted by Gasteiger charge is 2.07. The number of nitrogens with one attached hydrogen (secondary N) is 1. The Balaban J connectivity index is 1.90. The van der Waals surface area contributed by atoms with Gasteiger partial charge in [-0.05, 0) is 48.4 Å². The van der Waals surface area contributed by atoms with Crippen LogP contribution in [0.4, 0.5) is 4.39 Å². The molecule has 0 saturated carbocycles. The molecule has 0 aromatic heterocycles. The number of hydrogen-bond acceptors (Lipinski definition) is 2. The van der Waals surface area contributed by atoms with Gasteiger partial charge in [-0.15, -0.1) is 0 Å². The van der Waals surface area contributed by atoms with Gasteiger partial charge in [-0.3, -0.25) is 4.79 Å². The molecule has 1 atom stereocenters. The van der Waals surface area contributed by atoms with E-state index in [-0.39, 0.29) is 17.8 Å². The third-order valence-corrected chi connectivity index (χ3v) is 3.40. The summed E-state index contributed by atoms with van der Waals surface area (Å²) >= 11 is 0. The van der Waals surface area contributed by atoms with Crippen molar-refractivity contribution in [2.24, 2.45) is 0 Å². The Hall–Kier alpha value is -2.88. The van der Waals surface area contributed by atoms with Crippen LogP contribution in [0.15, 0.2) is 67.3 Å². The van der Waals surface area contributed by atoms with E-state index in [2.05, 4.69) is 11.9 Å². The van der Waals surface area contributed by atoms with Crippen LogP contribution >= 0.6 is 0 Å². The van der Waals surface area contributed by atoms with E-state index in [1.807, 2.05) is 31.2 Å². The van der Waals surface area contributed by atoms with E-state index in [4.69, 9.17) is 4.74 Å². The second kappa shape index (κ2) is 8.67. The molecule has 2 rings (SSSR count). The Morgan fingerprint density at radius 2 is 1.88 bits per heavy atom. The van der Waals surface area contributed by atoms with Crippen LogP contribution in [0.25, 0.3) is 6.08 Å². The molecule has 2 aromatic carbocycles. The molecular formula is C20H20FNO2. The molecule has 1 N–H and O–H groups in total. The highest BCUT2D eigenvalue weighted by atomic mass is 19.1. The van der Waals surface area contributed by atoms with E-state index < -0.39 is 0 Å². The van der Waals surface area contributed by atoms with E-state index in [1.165, 1.54) is 18.2 Å². The van der Waals surface area contributed by atoms with E-state index >= 15 is 0 Å². The van der Waals surface area contributed by atoms with Crippen LogP contribution in [-0.4, -0.2) is 12.5 Å². The number of amides is 1. The predicted octanol–water partition coefficient (Wildman–Crippen LogP) is 4.28. The molecule has 0 spiro atoms. The minimum atomic E-state index is -0.294. The SMILES string of the molecule is C=CCOc1ccc(/C=C/C(=O)N[C@H](C)c2ccc(F)cc2)cc1. The minimum absolute atomic E-state index is 0.197. The molecule has 3 nitrogen and oxygen atoms in total. The van der Waals surface area contributed by atoms with E-state index in [1.54, 1.807) is 24.3 Å². The summed E-state index contributed by atoms with van der Waals surface area (Å²) in [6.07, 6.45) is 4.88. The highest BCUT2D eigenvalue weighted by molar-refractivity contribution is 5.91. The van der Waals surface area contributed by atoms with Gasteiger partial charge in [0.2, 0.25) is 5.91 Å². The fourth-order valence-electron chi connectivity index (χ4n) is 2.10. The summed E-state index contributed by atoms with van der Waals surface area (Å²) in [5, 5.41) is 2.84. The molecule has 0 saturated heterocycles. The maximum atomic E-state index is 12.9. The average molecular weight is 325 g/mol. The second-order valence-electron chi connectivity index (χ2n) is 5.28. The van der Waals surface area contributed by atoms with Gasteiger partial charge < -0.3 is 10.1 Å². The summed E-state index contributed by atoms with van der Waals surface area (Å²) < 4.78 is 18.3. The van der Waals surface area contributed by atoms with Gasteiger partial charge in [-0.2, -0.15) is 0 Å². The lowest BCUT2D eigenvalue weighted by Crippen LogP contribution is -2.24. The van der Waals surface area contributed by atoms with Crippen molar-refractivity contribution in [3.63, 3.8) is 0 Å². The van der Waals surface area contributed by atoms with Gasteiger partial charge in [0.05, 0.1) is 6.04 Å². The van der Waals surface area contributed by atoms with Gasteiger partial charge in [0, 0.05) is 6.08 Å². The Labute approximate surface area is 141 Å². The lowest BCUT2D eigenvalue weighted by Gasteiger charge is -2.12. The molecule has 0 unspecified atom stereocenters. The average Bonchev–Trinajstić information content (AvgIpc) is 2.59. The summed E-state index contributed by atoms with van der Waals surface area (Å²) in [6.45, 7) is 5.90.